The second-order valence-corrected chi connectivity index (χ2v) is 5.83. The maximum absolute atomic E-state index is 12.6. The quantitative estimate of drug-likeness (QED) is 0.660. The molecule has 0 aliphatic carbocycles. The molecule has 7 nitrogen and oxygen atoms in total. The van der Waals surface area contributed by atoms with Gasteiger partial charge >= 0.3 is 0 Å². The van der Waals surface area contributed by atoms with E-state index in [1.807, 2.05) is 0 Å². The van der Waals surface area contributed by atoms with E-state index < -0.39 is 5.91 Å². The molecule has 0 saturated heterocycles. The molecule has 3 N–H and O–H groups in total. The molecule has 0 spiro atoms. The van der Waals surface area contributed by atoms with E-state index in [2.05, 4.69) is 16.0 Å². The first-order valence-electron chi connectivity index (χ1n) is 8.21. The average molecular weight is 387 g/mol. The number of anilines is 2. The number of carbonyl (C=O) groups is 2. The Labute approximate surface area is 163 Å². The molecule has 2 amide bonds. The van der Waals surface area contributed by atoms with E-state index in [9.17, 15) is 9.59 Å². The summed E-state index contributed by atoms with van der Waals surface area (Å²) in [6.45, 7) is 1.78. The average Bonchev–Trinajstić information content (AvgIpc) is 2.68. The zero-order valence-corrected chi connectivity index (χ0v) is 16.1. The third-order valence-corrected chi connectivity index (χ3v) is 3.83. The zero-order chi connectivity index (χ0) is 19.8. The lowest BCUT2D eigenvalue weighted by Crippen LogP contribution is -2.34. The molecular weight excluding hydrogens is 366 g/mol. The Morgan fingerprint density at radius 1 is 0.926 bits per heavy atom. The molecule has 0 radical (unpaired) electrons. The predicted molar refractivity (Wildman–Crippen MR) is 109 cm³/mol. The first-order valence-corrected chi connectivity index (χ1v) is 8.62. The van der Waals surface area contributed by atoms with Crippen molar-refractivity contribution in [2.45, 2.75) is 13.3 Å². The van der Waals surface area contributed by atoms with Crippen LogP contribution in [0.5, 0.6) is 11.5 Å². The summed E-state index contributed by atoms with van der Waals surface area (Å²) in [6, 6.07) is 12.0. The number of thiocarbonyl (C=S) groups is 1. The molecule has 2 aromatic rings. The molecule has 142 valence electrons. The number of ether oxygens (including phenoxy) is 2. The normalized spacial score (nSPS) is 9.89. The number of methoxy groups -OCH3 is 2. The fourth-order valence-corrected chi connectivity index (χ4v) is 2.50. The van der Waals surface area contributed by atoms with Gasteiger partial charge in [-0.3, -0.25) is 14.9 Å². The molecule has 0 fully saturated rings. The monoisotopic (exact) mass is 387 g/mol. The number of rotatable bonds is 6. The number of nitrogens with one attached hydrogen (secondary N) is 3. The summed E-state index contributed by atoms with van der Waals surface area (Å²) in [7, 11) is 2.95. The fraction of sp³-hybridized carbons (Fsp3) is 0.211. The van der Waals surface area contributed by atoms with Crippen LogP contribution in [0.3, 0.4) is 0 Å². The van der Waals surface area contributed by atoms with Gasteiger partial charge in [0.2, 0.25) is 5.91 Å². The van der Waals surface area contributed by atoms with Crippen molar-refractivity contribution in [3.05, 3.63) is 48.0 Å². The highest BCUT2D eigenvalue weighted by molar-refractivity contribution is 7.80. The van der Waals surface area contributed by atoms with E-state index >= 15 is 0 Å². The Morgan fingerprint density at radius 2 is 1.44 bits per heavy atom. The first-order chi connectivity index (χ1) is 13.0. The first kappa shape index (κ1) is 20.2. The van der Waals surface area contributed by atoms with Gasteiger partial charge in [0, 0.05) is 17.8 Å². The van der Waals surface area contributed by atoms with Crippen LogP contribution in [0.4, 0.5) is 11.4 Å². The van der Waals surface area contributed by atoms with Crippen LogP contribution >= 0.6 is 12.2 Å². The van der Waals surface area contributed by atoms with Gasteiger partial charge in [-0.05, 0) is 48.6 Å². The SMILES string of the molecule is CCC(=O)Nc1ccc(NC(=S)NC(=O)c2c(OC)cccc2OC)cc1. The summed E-state index contributed by atoms with van der Waals surface area (Å²) < 4.78 is 10.4. The van der Waals surface area contributed by atoms with Crippen LogP contribution in [0.1, 0.15) is 23.7 Å². The summed E-state index contributed by atoms with van der Waals surface area (Å²) in [4.78, 5) is 24.0. The highest BCUT2D eigenvalue weighted by atomic mass is 32.1. The van der Waals surface area contributed by atoms with Gasteiger partial charge in [-0.1, -0.05) is 13.0 Å². The van der Waals surface area contributed by atoms with E-state index in [0.717, 1.165) is 0 Å². The Morgan fingerprint density at radius 3 is 1.93 bits per heavy atom. The van der Waals surface area contributed by atoms with Crippen LogP contribution < -0.4 is 25.4 Å². The summed E-state index contributed by atoms with van der Waals surface area (Å²) in [5, 5.41) is 8.40. The molecule has 0 atom stereocenters. The van der Waals surface area contributed by atoms with Crippen molar-refractivity contribution in [3.8, 4) is 11.5 Å². The second kappa shape index (κ2) is 9.54. The minimum absolute atomic E-state index is 0.0655. The van der Waals surface area contributed by atoms with E-state index in [1.54, 1.807) is 49.4 Å². The van der Waals surface area contributed by atoms with Crippen LogP contribution in [0.25, 0.3) is 0 Å². The molecule has 2 rings (SSSR count). The Kier molecular flexibility index (Phi) is 7.13. The lowest BCUT2D eigenvalue weighted by Gasteiger charge is -2.14. The molecule has 0 unspecified atom stereocenters. The van der Waals surface area contributed by atoms with Crippen LogP contribution in [-0.2, 0) is 4.79 Å². The summed E-state index contributed by atoms with van der Waals surface area (Å²) in [5.41, 5.74) is 1.60. The van der Waals surface area contributed by atoms with Gasteiger partial charge in [-0.15, -0.1) is 0 Å². The minimum atomic E-state index is -0.450. The van der Waals surface area contributed by atoms with Crippen molar-refractivity contribution < 1.29 is 19.1 Å². The lowest BCUT2D eigenvalue weighted by molar-refractivity contribution is -0.115. The van der Waals surface area contributed by atoms with Gasteiger partial charge in [0.1, 0.15) is 17.1 Å². The highest BCUT2D eigenvalue weighted by Gasteiger charge is 2.19. The minimum Gasteiger partial charge on any atom is -0.496 e. The van der Waals surface area contributed by atoms with Crippen molar-refractivity contribution in [1.82, 2.24) is 5.32 Å². The maximum Gasteiger partial charge on any atom is 0.264 e. The third-order valence-electron chi connectivity index (χ3n) is 3.63. The zero-order valence-electron chi connectivity index (χ0n) is 15.3. The molecular formula is C19H21N3O4S. The molecule has 2 aromatic carbocycles. The number of amides is 2. The van der Waals surface area contributed by atoms with Crippen molar-refractivity contribution in [3.63, 3.8) is 0 Å². The molecule has 0 saturated carbocycles. The van der Waals surface area contributed by atoms with Crippen molar-refractivity contribution in [2.75, 3.05) is 24.9 Å². The van der Waals surface area contributed by atoms with E-state index in [1.165, 1.54) is 14.2 Å². The Hall–Kier alpha value is -3.13. The Bertz CT molecular complexity index is 815. The van der Waals surface area contributed by atoms with Gasteiger partial charge < -0.3 is 20.1 Å². The Balaban J connectivity index is 2.04. The van der Waals surface area contributed by atoms with Crippen molar-refractivity contribution in [2.24, 2.45) is 0 Å². The second-order valence-electron chi connectivity index (χ2n) is 5.42. The largest absolute Gasteiger partial charge is 0.496 e. The van der Waals surface area contributed by atoms with E-state index in [0.29, 0.717) is 29.3 Å². The summed E-state index contributed by atoms with van der Waals surface area (Å²) >= 11 is 5.20. The predicted octanol–water partition coefficient (Wildman–Crippen LogP) is 3.18. The molecule has 27 heavy (non-hydrogen) atoms. The van der Waals surface area contributed by atoms with E-state index in [-0.39, 0.29) is 16.6 Å². The molecule has 0 aliphatic rings. The standard InChI is InChI=1S/C19H21N3O4S/c1-4-16(23)20-12-8-10-13(11-9-12)21-19(27)22-18(24)17-14(25-2)6-5-7-15(17)26-3/h5-11H,4H2,1-3H3,(H,20,23)(H2,21,22,24,27). The van der Waals surface area contributed by atoms with Crippen LogP contribution in [-0.4, -0.2) is 31.1 Å². The van der Waals surface area contributed by atoms with Crippen molar-refractivity contribution in [1.29, 1.82) is 0 Å². The third kappa shape index (κ3) is 5.42. The molecule has 0 aliphatic heterocycles. The van der Waals surface area contributed by atoms with Gasteiger partial charge in [-0.2, -0.15) is 0 Å². The summed E-state index contributed by atoms with van der Waals surface area (Å²) in [5.74, 6) is 0.245. The number of carbonyl (C=O) groups excluding carboxylic acids is 2. The highest BCUT2D eigenvalue weighted by Crippen LogP contribution is 2.28. The van der Waals surface area contributed by atoms with Crippen LogP contribution in [0, 0.1) is 0 Å². The number of hydrogen-bond donors (Lipinski definition) is 3. The van der Waals surface area contributed by atoms with Crippen LogP contribution in [0.2, 0.25) is 0 Å². The lowest BCUT2D eigenvalue weighted by atomic mass is 10.1. The van der Waals surface area contributed by atoms with Gasteiger partial charge in [0.05, 0.1) is 14.2 Å². The van der Waals surface area contributed by atoms with Crippen molar-refractivity contribution >= 4 is 40.5 Å². The topological polar surface area (TPSA) is 88.7 Å². The summed E-state index contributed by atoms with van der Waals surface area (Å²) in [6.07, 6.45) is 0.405. The number of benzene rings is 2. The van der Waals surface area contributed by atoms with Gasteiger partial charge in [-0.25, -0.2) is 0 Å². The van der Waals surface area contributed by atoms with Crippen LogP contribution in [0.15, 0.2) is 42.5 Å². The smallest absolute Gasteiger partial charge is 0.264 e. The molecule has 0 heterocycles. The molecule has 0 aromatic heterocycles. The fourth-order valence-electron chi connectivity index (χ4n) is 2.29. The van der Waals surface area contributed by atoms with Gasteiger partial charge in [0.25, 0.3) is 5.91 Å². The number of hydrogen-bond acceptors (Lipinski definition) is 5. The van der Waals surface area contributed by atoms with Gasteiger partial charge in [0.15, 0.2) is 5.11 Å². The molecule has 0 bridgehead atoms. The maximum atomic E-state index is 12.6. The van der Waals surface area contributed by atoms with E-state index in [4.69, 9.17) is 21.7 Å². The molecule has 8 heteroatoms.